The highest BCUT2D eigenvalue weighted by atomic mass is 32.2. The zero-order valence-electron chi connectivity index (χ0n) is 19.9. The van der Waals surface area contributed by atoms with E-state index in [9.17, 15) is 19.6 Å². The van der Waals surface area contributed by atoms with Crippen molar-refractivity contribution in [3.8, 4) is 11.8 Å². The van der Waals surface area contributed by atoms with E-state index in [1.165, 1.54) is 19.1 Å². The first-order chi connectivity index (χ1) is 17.3. The van der Waals surface area contributed by atoms with Gasteiger partial charge in [-0.1, -0.05) is 42.1 Å². The van der Waals surface area contributed by atoms with Crippen LogP contribution in [0.3, 0.4) is 0 Å². The number of methoxy groups -OCH3 is 2. The van der Waals surface area contributed by atoms with Gasteiger partial charge in [0, 0.05) is 5.69 Å². The molecule has 0 bridgehead atoms. The van der Waals surface area contributed by atoms with Gasteiger partial charge in [-0.05, 0) is 36.2 Å². The number of carbonyl (C=O) groups is 3. The lowest BCUT2D eigenvalue weighted by atomic mass is 9.82. The van der Waals surface area contributed by atoms with Crippen LogP contribution in [0.1, 0.15) is 23.5 Å². The van der Waals surface area contributed by atoms with Crippen LogP contribution in [0, 0.1) is 18.3 Å². The van der Waals surface area contributed by atoms with Gasteiger partial charge >= 0.3 is 5.97 Å². The average Bonchev–Trinajstić information content (AvgIpc) is 3.20. The summed E-state index contributed by atoms with van der Waals surface area (Å²) >= 11 is 1.07. The molecule has 0 aliphatic carbocycles. The van der Waals surface area contributed by atoms with Gasteiger partial charge in [-0.2, -0.15) is 5.26 Å². The van der Waals surface area contributed by atoms with Crippen molar-refractivity contribution in [2.24, 2.45) is 5.73 Å². The van der Waals surface area contributed by atoms with Crippen molar-refractivity contribution >= 4 is 35.2 Å². The van der Waals surface area contributed by atoms with Crippen molar-refractivity contribution < 1.29 is 23.9 Å². The van der Waals surface area contributed by atoms with Crippen LogP contribution < -0.4 is 15.8 Å². The number of nitriles is 1. The van der Waals surface area contributed by atoms with Crippen molar-refractivity contribution in [3.05, 3.63) is 81.7 Å². The standard InChI is InChI=1S/C26H24N4O5S/c1-14-6-4-5-7-18(14)29-24(32)22-21(15-8-10-16(34-2)11-9-15)17(13-27)23(28)30-25(33)19(36-26(22)30)12-20(31)35-3/h4-11,19,21H,12,28H2,1-3H3,(H,29,32)/t19-,21-/m1/s1. The summed E-state index contributed by atoms with van der Waals surface area (Å²) in [5, 5.41) is 12.5. The van der Waals surface area contributed by atoms with Crippen LogP contribution in [-0.2, 0) is 19.1 Å². The number of para-hydroxylation sites is 1. The predicted octanol–water partition coefficient (Wildman–Crippen LogP) is 3.15. The number of carbonyl (C=O) groups excluding carboxylic acids is 3. The maximum Gasteiger partial charge on any atom is 0.307 e. The van der Waals surface area contributed by atoms with E-state index in [0.29, 0.717) is 17.0 Å². The summed E-state index contributed by atoms with van der Waals surface area (Å²) in [4.78, 5) is 40.2. The number of fused-ring (bicyclic) bond motifs is 1. The fourth-order valence-electron chi connectivity index (χ4n) is 4.18. The van der Waals surface area contributed by atoms with Crippen LogP contribution in [0.2, 0.25) is 0 Å². The highest BCUT2D eigenvalue weighted by Crippen LogP contribution is 2.50. The lowest BCUT2D eigenvalue weighted by Gasteiger charge is -2.32. The van der Waals surface area contributed by atoms with Gasteiger partial charge in [-0.3, -0.25) is 19.3 Å². The van der Waals surface area contributed by atoms with E-state index in [-0.39, 0.29) is 28.4 Å². The Kier molecular flexibility index (Phi) is 7.03. The first-order valence-corrected chi connectivity index (χ1v) is 11.9. The number of amides is 2. The highest BCUT2D eigenvalue weighted by Gasteiger charge is 2.48. The van der Waals surface area contributed by atoms with E-state index in [1.54, 1.807) is 36.4 Å². The summed E-state index contributed by atoms with van der Waals surface area (Å²) in [5.41, 5.74) is 8.68. The lowest BCUT2D eigenvalue weighted by molar-refractivity contribution is -0.142. The smallest absolute Gasteiger partial charge is 0.307 e. The summed E-state index contributed by atoms with van der Waals surface area (Å²) in [7, 11) is 2.78. The number of nitrogens with one attached hydrogen (secondary N) is 1. The first kappa shape index (κ1) is 24.9. The number of aryl methyl sites for hydroxylation is 1. The minimum Gasteiger partial charge on any atom is -0.497 e. The molecule has 3 N–H and O–H groups in total. The Morgan fingerprint density at radius 2 is 1.86 bits per heavy atom. The van der Waals surface area contributed by atoms with Crippen LogP contribution in [0.25, 0.3) is 0 Å². The summed E-state index contributed by atoms with van der Waals surface area (Å²) in [5.74, 6) is -1.83. The van der Waals surface area contributed by atoms with E-state index in [1.807, 2.05) is 19.1 Å². The number of nitrogens with zero attached hydrogens (tertiary/aromatic N) is 2. The lowest BCUT2D eigenvalue weighted by Crippen LogP contribution is -2.39. The molecule has 36 heavy (non-hydrogen) atoms. The molecule has 2 amide bonds. The summed E-state index contributed by atoms with van der Waals surface area (Å²) < 4.78 is 9.98. The Hall–Kier alpha value is -4.23. The third-order valence-corrected chi connectivity index (χ3v) is 7.34. The van der Waals surface area contributed by atoms with Crippen molar-refractivity contribution in [2.75, 3.05) is 19.5 Å². The number of allylic oxidation sites excluding steroid dienone is 1. The molecular formula is C26H24N4O5S. The SMILES string of the molecule is COC(=O)C[C@H]1SC2=C(C(=O)Nc3ccccc3C)[C@H](c3ccc(OC)cc3)C(C#N)=C(N)N2C1=O. The van der Waals surface area contributed by atoms with E-state index in [4.69, 9.17) is 15.2 Å². The summed E-state index contributed by atoms with van der Waals surface area (Å²) in [6.07, 6.45) is -0.199. The molecule has 0 aromatic heterocycles. The minimum absolute atomic E-state index is 0.0616. The molecule has 9 nitrogen and oxygen atoms in total. The zero-order chi connectivity index (χ0) is 26.0. The topological polar surface area (TPSA) is 135 Å². The molecule has 0 spiro atoms. The maximum absolute atomic E-state index is 13.8. The van der Waals surface area contributed by atoms with Gasteiger partial charge in [0.1, 0.15) is 16.8 Å². The second kappa shape index (κ2) is 10.2. The molecule has 2 aromatic rings. The fourth-order valence-corrected chi connectivity index (χ4v) is 5.50. The molecule has 2 aromatic carbocycles. The summed E-state index contributed by atoms with van der Waals surface area (Å²) in [6.45, 7) is 1.86. The van der Waals surface area contributed by atoms with Crippen molar-refractivity contribution in [3.63, 3.8) is 0 Å². The average molecular weight is 505 g/mol. The maximum atomic E-state index is 13.8. The Labute approximate surface area is 212 Å². The molecule has 1 fully saturated rings. The van der Waals surface area contributed by atoms with Gasteiger partial charge in [-0.25, -0.2) is 0 Å². The normalized spacial score (nSPS) is 19.1. The van der Waals surface area contributed by atoms with Gasteiger partial charge in [0.25, 0.3) is 5.91 Å². The number of benzene rings is 2. The molecular weight excluding hydrogens is 480 g/mol. The van der Waals surface area contributed by atoms with Crippen molar-refractivity contribution in [2.45, 2.75) is 24.5 Å². The molecule has 2 heterocycles. The quantitative estimate of drug-likeness (QED) is 0.573. The Morgan fingerprint density at radius 3 is 2.47 bits per heavy atom. The number of nitrogens with two attached hydrogens (primary N) is 1. The second-order valence-electron chi connectivity index (χ2n) is 8.17. The molecule has 10 heteroatoms. The van der Waals surface area contributed by atoms with Crippen LogP contribution >= 0.6 is 11.8 Å². The minimum atomic E-state index is -0.846. The van der Waals surface area contributed by atoms with Crippen LogP contribution in [-0.4, -0.2) is 42.2 Å². The van der Waals surface area contributed by atoms with Crippen LogP contribution in [0.15, 0.2) is 70.5 Å². The number of thioether (sulfide) groups is 1. The van der Waals surface area contributed by atoms with Gasteiger partial charge in [0.15, 0.2) is 0 Å². The molecule has 0 radical (unpaired) electrons. The van der Waals surface area contributed by atoms with Gasteiger partial charge in [-0.15, -0.1) is 0 Å². The van der Waals surface area contributed by atoms with E-state index in [0.717, 1.165) is 17.3 Å². The van der Waals surface area contributed by atoms with Gasteiger partial charge in [0.2, 0.25) is 5.91 Å². The molecule has 2 aliphatic heterocycles. The largest absolute Gasteiger partial charge is 0.497 e. The predicted molar refractivity (Wildman–Crippen MR) is 134 cm³/mol. The summed E-state index contributed by atoms with van der Waals surface area (Å²) in [6, 6.07) is 16.3. The molecule has 2 atom stereocenters. The Bertz CT molecular complexity index is 1340. The highest BCUT2D eigenvalue weighted by molar-refractivity contribution is 8.04. The van der Waals surface area contributed by atoms with Crippen LogP contribution in [0.5, 0.6) is 5.75 Å². The van der Waals surface area contributed by atoms with E-state index < -0.39 is 29.0 Å². The van der Waals surface area contributed by atoms with Crippen molar-refractivity contribution in [1.82, 2.24) is 4.90 Å². The fraction of sp³-hybridized carbons (Fsp3) is 0.231. The third kappa shape index (κ3) is 4.41. The first-order valence-electron chi connectivity index (χ1n) is 11.0. The number of anilines is 1. The molecule has 0 unspecified atom stereocenters. The zero-order valence-corrected chi connectivity index (χ0v) is 20.7. The Balaban J connectivity index is 1.88. The monoisotopic (exact) mass is 504 g/mol. The molecule has 0 saturated carbocycles. The van der Waals surface area contributed by atoms with E-state index in [2.05, 4.69) is 11.4 Å². The van der Waals surface area contributed by atoms with Gasteiger partial charge < -0.3 is 20.5 Å². The van der Waals surface area contributed by atoms with E-state index >= 15 is 0 Å². The number of ether oxygens (including phenoxy) is 2. The molecule has 4 rings (SSSR count). The number of esters is 1. The third-order valence-electron chi connectivity index (χ3n) is 6.06. The van der Waals surface area contributed by atoms with Gasteiger partial charge in [0.05, 0.1) is 48.8 Å². The Morgan fingerprint density at radius 1 is 1.17 bits per heavy atom. The number of hydrogen-bond acceptors (Lipinski definition) is 8. The van der Waals surface area contributed by atoms with Crippen LogP contribution in [0.4, 0.5) is 5.69 Å². The molecule has 1 saturated heterocycles. The second-order valence-corrected chi connectivity index (χ2v) is 9.36. The number of hydrogen-bond donors (Lipinski definition) is 2. The number of rotatable bonds is 6. The molecule has 2 aliphatic rings. The van der Waals surface area contributed by atoms with Crippen molar-refractivity contribution in [1.29, 1.82) is 5.26 Å². The molecule has 184 valence electrons.